The van der Waals surface area contributed by atoms with Crippen LogP contribution in [0.2, 0.25) is 0 Å². The van der Waals surface area contributed by atoms with Gasteiger partial charge in [-0.05, 0) is 36.6 Å². The molecule has 2 amide bonds. The molecule has 1 aliphatic carbocycles. The van der Waals surface area contributed by atoms with Crippen molar-refractivity contribution in [2.45, 2.75) is 31.7 Å². The van der Waals surface area contributed by atoms with Crippen molar-refractivity contribution in [3.63, 3.8) is 0 Å². The Morgan fingerprint density at radius 1 is 1.07 bits per heavy atom. The SMILES string of the molecule is COc1ccc([C@@H]2CC(c3ccccc3F)=NN2C(=O)CN(CCN2CCOCC2)C(=O)C2CCC2)cc1OC. The van der Waals surface area contributed by atoms with Crippen molar-refractivity contribution in [2.75, 3.05) is 60.2 Å². The number of carbonyl (C=O) groups excluding carboxylic acids is 2. The zero-order chi connectivity index (χ0) is 28.1. The van der Waals surface area contributed by atoms with Gasteiger partial charge in [0.15, 0.2) is 11.5 Å². The van der Waals surface area contributed by atoms with Gasteiger partial charge in [0.1, 0.15) is 12.4 Å². The number of hydrogen-bond acceptors (Lipinski definition) is 7. The number of rotatable bonds is 10. The van der Waals surface area contributed by atoms with E-state index in [9.17, 15) is 14.0 Å². The molecule has 2 fully saturated rings. The van der Waals surface area contributed by atoms with E-state index in [1.165, 1.54) is 11.1 Å². The molecule has 2 aliphatic heterocycles. The summed E-state index contributed by atoms with van der Waals surface area (Å²) in [7, 11) is 3.12. The van der Waals surface area contributed by atoms with Gasteiger partial charge in [-0.3, -0.25) is 14.5 Å². The van der Waals surface area contributed by atoms with E-state index in [-0.39, 0.29) is 24.3 Å². The first-order valence-electron chi connectivity index (χ1n) is 13.9. The Balaban J connectivity index is 1.41. The highest BCUT2D eigenvalue weighted by atomic mass is 19.1. The minimum absolute atomic E-state index is 0.0213. The molecule has 2 aromatic rings. The van der Waals surface area contributed by atoms with Gasteiger partial charge < -0.3 is 19.1 Å². The summed E-state index contributed by atoms with van der Waals surface area (Å²) in [6.07, 6.45) is 3.07. The molecule has 214 valence electrons. The molecule has 0 unspecified atom stereocenters. The molecule has 0 aromatic heterocycles. The summed E-state index contributed by atoms with van der Waals surface area (Å²) in [4.78, 5) is 31.2. The monoisotopic (exact) mass is 552 g/mol. The largest absolute Gasteiger partial charge is 0.493 e. The molecule has 0 radical (unpaired) electrons. The third kappa shape index (κ3) is 6.13. The zero-order valence-electron chi connectivity index (χ0n) is 23.2. The molecule has 10 heteroatoms. The Hall–Kier alpha value is -3.50. The van der Waals surface area contributed by atoms with Crippen LogP contribution in [-0.4, -0.2) is 92.5 Å². The number of amides is 2. The molecule has 2 aromatic carbocycles. The van der Waals surface area contributed by atoms with Crippen LogP contribution in [0.25, 0.3) is 0 Å². The maximum Gasteiger partial charge on any atom is 0.262 e. The topological polar surface area (TPSA) is 83.9 Å². The molecular formula is C30H37FN4O5. The smallest absolute Gasteiger partial charge is 0.262 e. The maximum atomic E-state index is 14.8. The van der Waals surface area contributed by atoms with E-state index in [0.717, 1.165) is 37.9 Å². The van der Waals surface area contributed by atoms with Crippen LogP contribution in [0.4, 0.5) is 4.39 Å². The van der Waals surface area contributed by atoms with Crippen LogP contribution < -0.4 is 9.47 Å². The number of methoxy groups -OCH3 is 2. The molecule has 1 atom stereocenters. The van der Waals surface area contributed by atoms with Crippen molar-refractivity contribution in [1.29, 1.82) is 0 Å². The van der Waals surface area contributed by atoms with Crippen LogP contribution in [0.15, 0.2) is 47.6 Å². The van der Waals surface area contributed by atoms with Gasteiger partial charge in [-0.1, -0.05) is 30.7 Å². The molecule has 3 aliphatic rings. The maximum absolute atomic E-state index is 14.8. The summed E-state index contributed by atoms with van der Waals surface area (Å²) in [6, 6.07) is 11.4. The summed E-state index contributed by atoms with van der Waals surface area (Å²) < 4.78 is 31.1. The van der Waals surface area contributed by atoms with E-state index >= 15 is 0 Å². The number of ether oxygens (including phenoxy) is 3. The van der Waals surface area contributed by atoms with Gasteiger partial charge in [-0.15, -0.1) is 0 Å². The minimum atomic E-state index is -0.484. The lowest BCUT2D eigenvalue weighted by Gasteiger charge is -2.34. The van der Waals surface area contributed by atoms with E-state index in [0.29, 0.717) is 55.5 Å². The van der Waals surface area contributed by atoms with Crippen molar-refractivity contribution < 1.29 is 28.2 Å². The van der Waals surface area contributed by atoms with Gasteiger partial charge in [-0.25, -0.2) is 9.40 Å². The first-order valence-corrected chi connectivity index (χ1v) is 13.9. The third-order valence-electron chi connectivity index (χ3n) is 8.03. The molecule has 2 heterocycles. The highest BCUT2D eigenvalue weighted by molar-refractivity contribution is 6.03. The molecule has 0 N–H and O–H groups in total. The number of nitrogens with zero attached hydrogens (tertiary/aromatic N) is 4. The first kappa shape index (κ1) is 28.0. The number of halogens is 1. The van der Waals surface area contributed by atoms with Crippen molar-refractivity contribution >= 4 is 17.5 Å². The standard InChI is InChI=1S/C30H37FN4O5/c1-38-27-11-10-22(18-28(27)39-2)26-19-25(23-8-3-4-9-24(23)31)32-35(26)29(36)20-34(30(37)21-6-5-7-21)13-12-33-14-16-40-17-15-33/h3-4,8-11,18,21,26H,5-7,12-17,19-20H2,1-2H3/t26-/m0/s1. The molecule has 9 nitrogen and oxygen atoms in total. The van der Waals surface area contributed by atoms with Gasteiger partial charge in [-0.2, -0.15) is 5.10 Å². The third-order valence-corrected chi connectivity index (χ3v) is 8.03. The summed E-state index contributed by atoms with van der Waals surface area (Å²) in [5.74, 6) is 0.384. The van der Waals surface area contributed by atoms with Crippen LogP contribution in [0.3, 0.4) is 0 Å². The predicted molar refractivity (Wildman–Crippen MR) is 148 cm³/mol. The minimum Gasteiger partial charge on any atom is -0.493 e. The zero-order valence-corrected chi connectivity index (χ0v) is 23.2. The van der Waals surface area contributed by atoms with Gasteiger partial charge in [0.25, 0.3) is 5.91 Å². The average Bonchev–Trinajstić information content (AvgIpc) is 3.40. The summed E-state index contributed by atoms with van der Waals surface area (Å²) in [5, 5.41) is 6.06. The fourth-order valence-corrected chi connectivity index (χ4v) is 5.42. The second kappa shape index (κ2) is 12.8. The number of benzene rings is 2. The summed E-state index contributed by atoms with van der Waals surface area (Å²) >= 11 is 0. The number of morpholine rings is 1. The van der Waals surface area contributed by atoms with E-state index in [1.54, 1.807) is 43.4 Å². The second-order valence-corrected chi connectivity index (χ2v) is 10.4. The number of hydrogen-bond donors (Lipinski definition) is 0. The van der Waals surface area contributed by atoms with Gasteiger partial charge in [0.2, 0.25) is 5.91 Å². The van der Waals surface area contributed by atoms with E-state index in [4.69, 9.17) is 14.2 Å². The molecule has 1 saturated carbocycles. The van der Waals surface area contributed by atoms with Crippen LogP contribution in [0.5, 0.6) is 11.5 Å². The Morgan fingerprint density at radius 3 is 2.50 bits per heavy atom. The van der Waals surface area contributed by atoms with Gasteiger partial charge in [0.05, 0.1) is 39.2 Å². The second-order valence-electron chi connectivity index (χ2n) is 10.4. The van der Waals surface area contributed by atoms with Crippen LogP contribution in [0, 0.1) is 11.7 Å². The number of hydrazone groups is 1. The Morgan fingerprint density at radius 2 is 1.82 bits per heavy atom. The molecule has 40 heavy (non-hydrogen) atoms. The van der Waals surface area contributed by atoms with Gasteiger partial charge >= 0.3 is 0 Å². The Kier molecular flexibility index (Phi) is 8.96. The van der Waals surface area contributed by atoms with E-state index in [1.807, 2.05) is 12.1 Å². The molecular weight excluding hydrogens is 515 g/mol. The fraction of sp³-hybridized carbons (Fsp3) is 0.500. The quantitative estimate of drug-likeness (QED) is 0.449. The molecule has 0 spiro atoms. The fourth-order valence-electron chi connectivity index (χ4n) is 5.42. The predicted octanol–water partition coefficient (Wildman–Crippen LogP) is 3.48. The van der Waals surface area contributed by atoms with E-state index < -0.39 is 11.9 Å². The highest BCUT2D eigenvalue weighted by Crippen LogP contribution is 2.38. The van der Waals surface area contributed by atoms with Crippen molar-refractivity contribution in [1.82, 2.24) is 14.8 Å². The summed E-state index contributed by atoms with van der Waals surface area (Å²) in [6.45, 7) is 4.01. The summed E-state index contributed by atoms with van der Waals surface area (Å²) in [5.41, 5.74) is 1.63. The number of carbonyl (C=O) groups is 2. The van der Waals surface area contributed by atoms with Gasteiger partial charge in [0, 0.05) is 44.1 Å². The Labute approximate surface area is 234 Å². The van der Waals surface area contributed by atoms with Crippen molar-refractivity contribution in [3.8, 4) is 11.5 Å². The van der Waals surface area contributed by atoms with Crippen LogP contribution in [-0.2, 0) is 14.3 Å². The van der Waals surface area contributed by atoms with E-state index in [2.05, 4.69) is 10.0 Å². The van der Waals surface area contributed by atoms with Crippen molar-refractivity contribution in [2.24, 2.45) is 11.0 Å². The average molecular weight is 553 g/mol. The van der Waals surface area contributed by atoms with Crippen LogP contribution in [0.1, 0.15) is 42.9 Å². The lowest BCUT2D eigenvalue weighted by atomic mass is 9.84. The normalized spacial score (nSPS) is 19.6. The first-order chi connectivity index (χ1) is 19.5. The van der Waals surface area contributed by atoms with Crippen molar-refractivity contribution in [3.05, 3.63) is 59.4 Å². The molecule has 0 bridgehead atoms. The highest BCUT2D eigenvalue weighted by Gasteiger charge is 2.37. The lowest BCUT2D eigenvalue weighted by Crippen LogP contribution is -2.49. The molecule has 5 rings (SSSR count). The molecule has 1 saturated heterocycles. The Bertz CT molecular complexity index is 1240. The van der Waals surface area contributed by atoms with Crippen LogP contribution >= 0.6 is 0 Å². The lowest BCUT2D eigenvalue weighted by molar-refractivity contribution is -0.145.